The van der Waals surface area contributed by atoms with Crippen LogP contribution in [0.15, 0.2) is 43.1 Å². The molecular formula is C13H13N5O. The fourth-order valence-corrected chi connectivity index (χ4v) is 1.98. The molecule has 3 rings (SSSR count). The van der Waals surface area contributed by atoms with Gasteiger partial charge >= 0.3 is 0 Å². The number of aromatic nitrogens is 3. The summed E-state index contributed by atoms with van der Waals surface area (Å²) in [6, 6.07) is 3.65. The molecule has 19 heavy (non-hydrogen) atoms. The molecule has 1 aliphatic rings. The molecule has 1 amide bonds. The van der Waals surface area contributed by atoms with Crippen LogP contribution in [-0.4, -0.2) is 40.0 Å². The SMILES string of the molecule is O=C(NC1CN(c2cnccn2)C1)c1cccnc1. The minimum absolute atomic E-state index is 0.0862. The van der Waals surface area contributed by atoms with Crippen LogP contribution in [0, 0.1) is 0 Å². The van der Waals surface area contributed by atoms with E-state index in [-0.39, 0.29) is 11.9 Å². The van der Waals surface area contributed by atoms with E-state index in [1.165, 1.54) is 0 Å². The van der Waals surface area contributed by atoms with Crippen molar-refractivity contribution in [2.24, 2.45) is 0 Å². The molecule has 1 fully saturated rings. The number of hydrogen-bond acceptors (Lipinski definition) is 5. The van der Waals surface area contributed by atoms with Crippen molar-refractivity contribution in [2.45, 2.75) is 6.04 Å². The van der Waals surface area contributed by atoms with Gasteiger partial charge in [0.05, 0.1) is 17.8 Å². The van der Waals surface area contributed by atoms with Crippen LogP contribution in [0.3, 0.4) is 0 Å². The number of nitrogens with zero attached hydrogens (tertiary/aromatic N) is 4. The van der Waals surface area contributed by atoms with E-state index in [2.05, 4.69) is 25.2 Å². The number of carbonyl (C=O) groups is 1. The zero-order valence-corrected chi connectivity index (χ0v) is 10.2. The van der Waals surface area contributed by atoms with Crippen LogP contribution >= 0.6 is 0 Å². The Kier molecular flexibility index (Phi) is 3.06. The van der Waals surface area contributed by atoms with Crippen LogP contribution in [0.4, 0.5) is 5.82 Å². The third kappa shape index (κ3) is 2.52. The summed E-state index contributed by atoms with van der Waals surface area (Å²) in [5.41, 5.74) is 0.584. The Morgan fingerprint density at radius 1 is 1.21 bits per heavy atom. The summed E-state index contributed by atoms with van der Waals surface area (Å²) in [6.45, 7) is 1.51. The molecule has 1 aliphatic heterocycles. The van der Waals surface area contributed by atoms with Crippen molar-refractivity contribution in [3.05, 3.63) is 48.7 Å². The average molecular weight is 255 g/mol. The number of nitrogens with one attached hydrogen (secondary N) is 1. The zero-order chi connectivity index (χ0) is 13.1. The predicted octanol–water partition coefficient (Wildman–Crippen LogP) is 0.490. The first-order valence-electron chi connectivity index (χ1n) is 6.05. The van der Waals surface area contributed by atoms with Gasteiger partial charge in [0.15, 0.2) is 0 Å². The van der Waals surface area contributed by atoms with Crippen molar-refractivity contribution in [1.29, 1.82) is 0 Å². The highest BCUT2D eigenvalue weighted by molar-refractivity contribution is 5.94. The molecule has 2 aromatic heterocycles. The van der Waals surface area contributed by atoms with E-state index in [1.54, 1.807) is 43.1 Å². The Bertz CT molecular complexity index is 554. The van der Waals surface area contributed by atoms with Crippen LogP contribution in [0.5, 0.6) is 0 Å². The van der Waals surface area contributed by atoms with Crippen LogP contribution in [0.1, 0.15) is 10.4 Å². The Morgan fingerprint density at radius 2 is 2.05 bits per heavy atom. The second kappa shape index (κ2) is 5.01. The number of rotatable bonds is 3. The number of amides is 1. The van der Waals surface area contributed by atoms with Crippen LogP contribution in [0.2, 0.25) is 0 Å². The second-order valence-corrected chi connectivity index (χ2v) is 4.38. The summed E-state index contributed by atoms with van der Waals surface area (Å²) < 4.78 is 0. The Labute approximate surface area is 110 Å². The highest BCUT2D eigenvalue weighted by Gasteiger charge is 2.29. The number of carbonyl (C=O) groups excluding carboxylic acids is 1. The zero-order valence-electron chi connectivity index (χ0n) is 10.2. The maximum Gasteiger partial charge on any atom is 0.253 e. The Balaban J connectivity index is 1.54. The molecule has 0 bridgehead atoms. The van der Waals surface area contributed by atoms with Gasteiger partial charge in [0.1, 0.15) is 5.82 Å². The second-order valence-electron chi connectivity index (χ2n) is 4.38. The van der Waals surface area contributed by atoms with Gasteiger partial charge in [-0.25, -0.2) is 4.98 Å². The lowest BCUT2D eigenvalue weighted by atomic mass is 10.1. The van der Waals surface area contributed by atoms with E-state index < -0.39 is 0 Å². The van der Waals surface area contributed by atoms with E-state index in [9.17, 15) is 4.79 Å². The summed E-state index contributed by atoms with van der Waals surface area (Å²) in [4.78, 5) is 26.1. The van der Waals surface area contributed by atoms with Gasteiger partial charge in [0.25, 0.3) is 5.91 Å². The smallest absolute Gasteiger partial charge is 0.253 e. The number of hydrogen-bond donors (Lipinski definition) is 1. The quantitative estimate of drug-likeness (QED) is 0.864. The number of anilines is 1. The lowest BCUT2D eigenvalue weighted by Crippen LogP contribution is -2.59. The monoisotopic (exact) mass is 255 g/mol. The van der Waals surface area contributed by atoms with E-state index in [4.69, 9.17) is 0 Å². The Morgan fingerprint density at radius 3 is 2.74 bits per heavy atom. The van der Waals surface area contributed by atoms with Gasteiger partial charge in [0, 0.05) is 37.9 Å². The fraction of sp³-hybridized carbons (Fsp3) is 0.231. The molecule has 0 aromatic carbocycles. The van der Waals surface area contributed by atoms with E-state index in [1.807, 2.05) is 0 Å². The summed E-state index contributed by atoms with van der Waals surface area (Å²) in [6.07, 6.45) is 8.24. The molecule has 0 spiro atoms. The first-order valence-corrected chi connectivity index (χ1v) is 6.05. The molecule has 1 N–H and O–H groups in total. The first kappa shape index (κ1) is 11.6. The lowest BCUT2D eigenvalue weighted by molar-refractivity contribution is 0.0929. The highest BCUT2D eigenvalue weighted by atomic mass is 16.1. The lowest BCUT2D eigenvalue weighted by Gasteiger charge is -2.40. The van der Waals surface area contributed by atoms with Crippen LogP contribution in [0.25, 0.3) is 0 Å². The maximum absolute atomic E-state index is 11.9. The third-order valence-electron chi connectivity index (χ3n) is 3.01. The fourth-order valence-electron chi connectivity index (χ4n) is 1.98. The summed E-state index contributed by atoms with van der Waals surface area (Å²) in [7, 11) is 0. The molecule has 0 atom stereocenters. The first-order chi connectivity index (χ1) is 9.33. The van der Waals surface area contributed by atoms with E-state index in [0.717, 1.165) is 18.9 Å². The van der Waals surface area contributed by atoms with Crippen molar-refractivity contribution in [3.63, 3.8) is 0 Å². The molecule has 0 saturated carbocycles. The molecule has 3 heterocycles. The van der Waals surface area contributed by atoms with E-state index in [0.29, 0.717) is 5.56 Å². The highest BCUT2D eigenvalue weighted by Crippen LogP contribution is 2.16. The molecule has 1 saturated heterocycles. The van der Waals surface area contributed by atoms with Crippen molar-refractivity contribution < 1.29 is 4.79 Å². The minimum Gasteiger partial charge on any atom is -0.351 e. The summed E-state index contributed by atoms with van der Waals surface area (Å²) in [5, 5.41) is 2.96. The van der Waals surface area contributed by atoms with Gasteiger partial charge in [-0.3, -0.25) is 14.8 Å². The van der Waals surface area contributed by atoms with Crippen LogP contribution < -0.4 is 10.2 Å². The average Bonchev–Trinajstić information content (AvgIpc) is 2.44. The van der Waals surface area contributed by atoms with Crippen molar-refractivity contribution >= 4 is 11.7 Å². The summed E-state index contributed by atoms with van der Waals surface area (Å²) in [5.74, 6) is 0.756. The molecule has 6 nitrogen and oxygen atoms in total. The van der Waals surface area contributed by atoms with Crippen molar-refractivity contribution in [3.8, 4) is 0 Å². The Hall–Kier alpha value is -2.50. The van der Waals surface area contributed by atoms with E-state index >= 15 is 0 Å². The molecule has 96 valence electrons. The van der Waals surface area contributed by atoms with Crippen molar-refractivity contribution in [1.82, 2.24) is 20.3 Å². The van der Waals surface area contributed by atoms with Crippen molar-refractivity contribution in [2.75, 3.05) is 18.0 Å². The molecular weight excluding hydrogens is 242 g/mol. The van der Waals surface area contributed by atoms with Gasteiger partial charge in [-0.15, -0.1) is 0 Å². The molecule has 6 heteroatoms. The molecule has 0 radical (unpaired) electrons. The van der Waals surface area contributed by atoms with Gasteiger partial charge in [-0.1, -0.05) is 0 Å². The minimum atomic E-state index is -0.0862. The third-order valence-corrected chi connectivity index (χ3v) is 3.01. The molecule has 2 aromatic rings. The van der Waals surface area contributed by atoms with Crippen LogP contribution in [-0.2, 0) is 0 Å². The topological polar surface area (TPSA) is 71.0 Å². The normalized spacial score (nSPS) is 14.8. The van der Waals surface area contributed by atoms with Gasteiger partial charge in [0.2, 0.25) is 0 Å². The van der Waals surface area contributed by atoms with Gasteiger partial charge in [-0.05, 0) is 12.1 Å². The maximum atomic E-state index is 11.9. The van der Waals surface area contributed by atoms with Gasteiger partial charge < -0.3 is 10.2 Å². The largest absolute Gasteiger partial charge is 0.351 e. The standard InChI is InChI=1S/C13H13N5O/c19-13(10-2-1-3-14-6-10)17-11-8-18(9-11)12-7-15-4-5-16-12/h1-7,11H,8-9H2,(H,17,19). The summed E-state index contributed by atoms with van der Waals surface area (Å²) >= 11 is 0. The predicted molar refractivity (Wildman–Crippen MR) is 69.7 cm³/mol. The molecule has 0 unspecified atom stereocenters. The number of pyridine rings is 1. The molecule has 0 aliphatic carbocycles. The van der Waals surface area contributed by atoms with Gasteiger partial charge in [-0.2, -0.15) is 0 Å².